The number of amides is 1. The van der Waals surface area contributed by atoms with Crippen LogP contribution in [0.4, 0.5) is 5.69 Å². The summed E-state index contributed by atoms with van der Waals surface area (Å²) in [6.07, 6.45) is 4.16. The molecule has 21 heavy (non-hydrogen) atoms. The Morgan fingerprint density at radius 1 is 1.19 bits per heavy atom. The Bertz CT molecular complexity index is 620. The van der Waals surface area contributed by atoms with Crippen LogP contribution >= 0.6 is 0 Å². The molecule has 0 spiro atoms. The number of hydrogen-bond acceptors (Lipinski definition) is 3. The van der Waals surface area contributed by atoms with Gasteiger partial charge in [-0.2, -0.15) is 0 Å². The van der Waals surface area contributed by atoms with Crippen LogP contribution in [0.3, 0.4) is 0 Å². The highest BCUT2D eigenvalue weighted by Gasteiger charge is 2.15. The van der Waals surface area contributed by atoms with Crippen LogP contribution in [0, 0.1) is 0 Å². The second kappa shape index (κ2) is 6.74. The number of para-hydroxylation sites is 1. The van der Waals surface area contributed by atoms with Gasteiger partial charge in [0.15, 0.2) is 0 Å². The van der Waals surface area contributed by atoms with Crippen molar-refractivity contribution in [2.75, 3.05) is 12.4 Å². The van der Waals surface area contributed by atoms with Crippen molar-refractivity contribution in [3.8, 4) is 0 Å². The van der Waals surface area contributed by atoms with Crippen LogP contribution < -0.4 is 5.32 Å². The summed E-state index contributed by atoms with van der Waals surface area (Å²) in [4.78, 5) is 23.8. The first-order valence-corrected chi connectivity index (χ1v) is 6.71. The number of nitrogens with zero attached hydrogens (tertiary/aromatic N) is 1. The van der Waals surface area contributed by atoms with Gasteiger partial charge >= 0.3 is 5.97 Å². The van der Waals surface area contributed by atoms with Crippen LogP contribution in [0.2, 0.25) is 0 Å². The van der Waals surface area contributed by atoms with Crippen LogP contribution in [-0.4, -0.2) is 23.6 Å². The zero-order valence-corrected chi connectivity index (χ0v) is 12.1. The molecule has 1 N–H and O–H groups in total. The summed E-state index contributed by atoms with van der Waals surface area (Å²) in [6, 6.07) is 10.7. The summed E-state index contributed by atoms with van der Waals surface area (Å²) >= 11 is 0. The molecule has 1 aromatic heterocycles. The quantitative estimate of drug-likeness (QED) is 0.860. The number of methoxy groups -OCH3 is 1. The number of benzene rings is 1. The Kier molecular flexibility index (Phi) is 4.77. The third-order valence-corrected chi connectivity index (χ3v) is 3.22. The maximum Gasteiger partial charge on any atom is 0.339 e. The molecule has 0 aliphatic heterocycles. The molecule has 1 atom stereocenters. The molecule has 0 aliphatic carbocycles. The van der Waals surface area contributed by atoms with E-state index in [2.05, 4.69) is 5.32 Å². The lowest BCUT2D eigenvalue weighted by atomic mass is 10.1. The third kappa shape index (κ3) is 3.72. The van der Waals surface area contributed by atoms with Gasteiger partial charge < -0.3 is 14.6 Å². The van der Waals surface area contributed by atoms with Crippen molar-refractivity contribution in [1.82, 2.24) is 4.57 Å². The first-order chi connectivity index (χ1) is 10.1. The lowest BCUT2D eigenvalue weighted by Crippen LogP contribution is -2.18. The maximum absolute atomic E-state index is 12.1. The van der Waals surface area contributed by atoms with E-state index in [4.69, 9.17) is 4.74 Å². The predicted molar refractivity (Wildman–Crippen MR) is 80.2 cm³/mol. The molecular weight excluding hydrogens is 268 g/mol. The van der Waals surface area contributed by atoms with Gasteiger partial charge in [0.25, 0.3) is 0 Å². The minimum Gasteiger partial charge on any atom is -0.465 e. The van der Waals surface area contributed by atoms with Crippen LogP contribution in [-0.2, 0) is 9.53 Å². The molecule has 5 heteroatoms. The van der Waals surface area contributed by atoms with Crippen molar-refractivity contribution in [1.29, 1.82) is 0 Å². The van der Waals surface area contributed by atoms with Gasteiger partial charge in [0, 0.05) is 24.9 Å². The predicted octanol–water partition coefficient (Wildman–Crippen LogP) is 2.86. The molecule has 110 valence electrons. The number of carbonyl (C=O) groups is 2. The molecule has 2 aromatic rings. The Morgan fingerprint density at radius 3 is 2.52 bits per heavy atom. The zero-order chi connectivity index (χ0) is 15.2. The number of ether oxygens (including phenoxy) is 1. The summed E-state index contributed by atoms with van der Waals surface area (Å²) in [5.41, 5.74) is 0.816. The number of nitrogens with one attached hydrogen (secondary N) is 1. The van der Waals surface area contributed by atoms with Crippen molar-refractivity contribution in [3.05, 3.63) is 54.4 Å². The number of rotatable bonds is 5. The first kappa shape index (κ1) is 14.8. The number of carbonyl (C=O) groups excluding carboxylic acids is 2. The number of esters is 1. The van der Waals surface area contributed by atoms with Gasteiger partial charge in [-0.3, -0.25) is 4.79 Å². The second-order valence-corrected chi connectivity index (χ2v) is 4.77. The fourth-order valence-electron chi connectivity index (χ4n) is 2.10. The molecule has 0 bridgehead atoms. The molecule has 0 fully saturated rings. The topological polar surface area (TPSA) is 60.3 Å². The number of hydrogen-bond donors (Lipinski definition) is 1. The van der Waals surface area contributed by atoms with Gasteiger partial charge in [-0.05, 0) is 31.2 Å². The van der Waals surface area contributed by atoms with E-state index in [1.54, 1.807) is 24.3 Å². The molecule has 1 unspecified atom stereocenters. The minimum absolute atomic E-state index is 0.0466. The third-order valence-electron chi connectivity index (χ3n) is 3.22. The van der Waals surface area contributed by atoms with E-state index in [1.165, 1.54) is 7.11 Å². The van der Waals surface area contributed by atoms with E-state index >= 15 is 0 Å². The first-order valence-electron chi connectivity index (χ1n) is 6.71. The van der Waals surface area contributed by atoms with Gasteiger partial charge in [-0.25, -0.2) is 4.79 Å². The normalized spacial score (nSPS) is 11.7. The lowest BCUT2D eigenvalue weighted by Gasteiger charge is -2.14. The standard InChI is InChI=1S/C16H18N2O3/c1-12(18-9-5-6-10-18)11-15(19)17-14-8-4-3-7-13(14)16(20)21-2/h3-10,12H,11H2,1-2H3,(H,17,19). The van der Waals surface area contributed by atoms with Gasteiger partial charge in [0.2, 0.25) is 5.91 Å². The SMILES string of the molecule is COC(=O)c1ccccc1NC(=O)CC(C)n1cccc1. The molecule has 0 aliphatic rings. The molecule has 0 saturated heterocycles. The molecule has 1 amide bonds. The van der Waals surface area contributed by atoms with Gasteiger partial charge in [-0.1, -0.05) is 12.1 Å². The van der Waals surface area contributed by atoms with Crippen LogP contribution in [0.15, 0.2) is 48.8 Å². The van der Waals surface area contributed by atoms with Gasteiger partial charge in [0.05, 0.1) is 18.4 Å². The Balaban J connectivity index is 2.05. The van der Waals surface area contributed by atoms with E-state index in [0.717, 1.165) is 0 Å². The Morgan fingerprint density at radius 2 is 1.86 bits per heavy atom. The summed E-state index contributed by atoms with van der Waals surface area (Å²) in [7, 11) is 1.31. The van der Waals surface area contributed by atoms with E-state index in [1.807, 2.05) is 36.0 Å². The smallest absolute Gasteiger partial charge is 0.339 e. The van der Waals surface area contributed by atoms with E-state index in [-0.39, 0.29) is 11.9 Å². The second-order valence-electron chi connectivity index (χ2n) is 4.77. The summed E-state index contributed by atoms with van der Waals surface area (Å²) in [5.74, 6) is -0.614. The molecule has 0 saturated carbocycles. The van der Waals surface area contributed by atoms with Crippen LogP contribution in [0.25, 0.3) is 0 Å². The van der Waals surface area contributed by atoms with E-state index in [9.17, 15) is 9.59 Å². The van der Waals surface area contributed by atoms with Gasteiger partial charge in [-0.15, -0.1) is 0 Å². The minimum atomic E-state index is -0.468. The number of aromatic nitrogens is 1. The maximum atomic E-state index is 12.1. The van der Waals surface area contributed by atoms with Gasteiger partial charge in [0.1, 0.15) is 0 Å². The van der Waals surface area contributed by atoms with Crippen molar-refractivity contribution in [2.45, 2.75) is 19.4 Å². The Hall–Kier alpha value is -2.56. The summed E-state index contributed by atoms with van der Waals surface area (Å²) in [6.45, 7) is 1.96. The molecule has 1 heterocycles. The number of anilines is 1. The largest absolute Gasteiger partial charge is 0.465 e. The fourth-order valence-corrected chi connectivity index (χ4v) is 2.10. The highest BCUT2D eigenvalue weighted by molar-refractivity contribution is 6.01. The van der Waals surface area contributed by atoms with Crippen LogP contribution in [0.5, 0.6) is 0 Å². The molecule has 5 nitrogen and oxygen atoms in total. The van der Waals surface area contributed by atoms with Crippen molar-refractivity contribution in [2.24, 2.45) is 0 Å². The average molecular weight is 286 g/mol. The molecular formula is C16H18N2O3. The zero-order valence-electron chi connectivity index (χ0n) is 12.1. The Labute approximate surface area is 123 Å². The molecule has 2 rings (SSSR count). The van der Waals surface area contributed by atoms with Crippen molar-refractivity contribution in [3.63, 3.8) is 0 Å². The molecule has 1 aromatic carbocycles. The highest BCUT2D eigenvalue weighted by atomic mass is 16.5. The van der Waals surface area contributed by atoms with Crippen LogP contribution in [0.1, 0.15) is 29.7 Å². The van der Waals surface area contributed by atoms with E-state index < -0.39 is 5.97 Å². The fraction of sp³-hybridized carbons (Fsp3) is 0.250. The summed E-state index contributed by atoms with van der Waals surface area (Å²) in [5, 5.41) is 2.77. The molecule has 0 radical (unpaired) electrons. The van der Waals surface area contributed by atoms with Crippen molar-refractivity contribution < 1.29 is 14.3 Å². The highest BCUT2D eigenvalue weighted by Crippen LogP contribution is 2.18. The summed E-state index contributed by atoms with van der Waals surface area (Å²) < 4.78 is 6.67. The lowest BCUT2D eigenvalue weighted by molar-refractivity contribution is -0.116. The van der Waals surface area contributed by atoms with E-state index in [0.29, 0.717) is 17.7 Å². The van der Waals surface area contributed by atoms with Crippen molar-refractivity contribution >= 4 is 17.6 Å². The average Bonchev–Trinajstić information content (AvgIpc) is 3.01. The monoisotopic (exact) mass is 286 g/mol.